The van der Waals surface area contributed by atoms with Crippen LogP contribution in [-0.4, -0.2) is 23.1 Å². The van der Waals surface area contributed by atoms with E-state index in [0.29, 0.717) is 5.69 Å². The molecule has 1 aromatic heterocycles. The van der Waals surface area contributed by atoms with Gasteiger partial charge in [0.2, 0.25) is 0 Å². The van der Waals surface area contributed by atoms with Crippen LogP contribution in [-0.2, 0) is 0 Å². The summed E-state index contributed by atoms with van der Waals surface area (Å²) >= 11 is 0. The molecule has 2 rings (SSSR count). The molecule has 14 heavy (non-hydrogen) atoms. The van der Waals surface area contributed by atoms with E-state index in [1.807, 2.05) is 12.1 Å². The van der Waals surface area contributed by atoms with Gasteiger partial charge in [-0.3, -0.25) is 0 Å². The highest BCUT2D eigenvalue weighted by molar-refractivity contribution is 5.59. The average molecular weight is 192 g/mol. The van der Waals surface area contributed by atoms with Crippen LogP contribution in [0.1, 0.15) is 19.3 Å². The number of hydrogen-bond donors (Lipinski definition) is 2. The summed E-state index contributed by atoms with van der Waals surface area (Å²) < 4.78 is 0. The van der Waals surface area contributed by atoms with Crippen LogP contribution in [0, 0.1) is 0 Å². The largest absolute Gasteiger partial charge is 0.396 e. The number of nitrogen functional groups attached to an aromatic ring is 1. The Labute approximate surface area is 84.1 Å². The fourth-order valence-corrected chi connectivity index (χ4v) is 1.67. The number of aromatic nitrogens is 1. The second-order valence-electron chi connectivity index (χ2n) is 3.60. The molecular formula is C10H16N4. The summed E-state index contributed by atoms with van der Waals surface area (Å²) in [4.78, 5) is 4.19. The molecule has 0 atom stereocenters. The Bertz CT molecular complexity index is 294. The average Bonchev–Trinajstić information content (AvgIpc) is 2.23. The fraction of sp³-hybridized carbons (Fsp3) is 0.500. The number of nitrogens with one attached hydrogen (secondary N) is 1. The zero-order valence-electron chi connectivity index (χ0n) is 8.24. The normalized spacial score (nSPS) is 18.0. The second kappa shape index (κ2) is 4.28. The highest BCUT2D eigenvalue weighted by Crippen LogP contribution is 2.16. The molecule has 0 bridgehead atoms. The smallest absolute Gasteiger partial charge is 0.163 e. The molecule has 3 N–H and O–H groups in total. The number of hydrogen-bond acceptors (Lipinski definition) is 4. The van der Waals surface area contributed by atoms with Crippen LogP contribution in [0.15, 0.2) is 18.3 Å². The maximum absolute atomic E-state index is 5.79. The van der Waals surface area contributed by atoms with Crippen LogP contribution >= 0.6 is 0 Å². The molecule has 0 saturated carbocycles. The predicted molar refractivity (Wildman–Crippen MR) is 57.7 cm³/mol. The molecule has 0 amide bonds. The summed E-state index contributed by atoms with van der Waals surface area (Å²) in [5.74, 6) is 0.773. The molecule has 76 valence electrons. The van der Waals surface area contributed by atoms with Crippen molar-refractivity contribution in [2.24, 2.45) is 0 Å². The third-order valence-corrected chi connectivity index (χ3v) is 2.46. The molecule has 1 aliphatic heterocycles. The highest BCUT2D eigenvalue weighted by atomic mass is 15.5. The third kappa shape index (κ3) is 2.14. The van der Waals surface area contributed by atoms with Crippen molar-refractivity contribution >= 4 is 11.5 Å². The molecule has 0 radical (unpaired) electrons. The zero-order valence-corrected chi connectivity index (χ0v) is 8.24. The quantitative estimate of drug-likeness (QED) is 0.745. The summed E-state index contributed by atoms with van der Waals surface area (Å²) in [7, 11) is 0. The Kier molecular flexibility index (Phi) is 2.84. The van der Waals surface area contributed by atoms with Crippen LogP contribution < -0.4 is 11.2 Å². The van der Waals surface area contributed by atoms with Gasteiger partial charge < -0.3 is 11.2 Å². The molecule has 1 fully saturated rings. The van der Waals surface area contributed by atoms with Gasteiger partial charge in [0.05, 0.1) is 5.69 Å². The number of hydrazine groups is 1. The van der Waals surface area contributed by atoms with Gasteiger partial charge in [-0.2, -0.15) is 0 Å². The van der Waals surface area contributed by atoms with Gasteiger partial charge in [-0.05, 0) is 25.0 Å². The van der Waals surface area contributed by atoms with Crippen LogP contribution in [0.4, 0.5) is 11.5 Å². The maximum Gasteiger partial charge on any atom is 0.163 e. The van der Waals surface area contributed by atoms with Gasteiger partial charge in [-0.1, -0.05) is 6.42 Å². The number of pyridine rings is 1. The number of nitrogens with two attached hydrogens (primary N) is 1. The van der Waals surface area contributed by atoms with Crippen molar-refractivity contribution in [2.45, 2.75) is 19.3 Å². The maximum atomic E-state index is 5.79. The van der Waals surface area contributed by atoms with Gasteiger partial charge in [0, 0.05) is 19.3 Å². The molecule has 1 saturated heterocycles. The van der Waals surface area contributed by atoms with E-state index in [1.165, 1.54) is 19.3 Å². The molecular weight excluding hydrogens is 176 g/mol. The molecule has 0 aromatic carbocycles. The molecule has 1 aliphatic rings. The lowest BCUT2D eigenvalue weighted by atomic mass is 10.2. The fourth-order valence-electron chi connectivity index (χ4n) is 1.67. The monoisotopic (exact) mass is 192 g/mol. The van der Waals surface area contributed by atoms with Crippen molar-refractivity contribution in [3.05, 3.63) is 18.3 Å². The van der Waals surface area contributed by atoms with Gasteiger partial charge in [0.25, 0.3) is 0 Å². The lowest BCUT2D eigenvalue weighted by molar-refractivity contribution is 0.272. The molecule has 2 heterocycles. The Morgan fingerprint density at radius 3 is 2.79 bits per heavy atom. The van der Waals surface area contributed by atoms with E-state index in [0.717, 1.165) is 18.9 Å². The van der Waals surface area contributed by atoms with Gasteiger partial charge in [0.15, 0.2) is 5.82 Å². The lowest BCUT2D eigenvalue weighted by Crippen LogP contribution is -2.35. The third-order valence-electron chi connectivity index (χ3n) is 2.46. The summed E-state index contributed by atoms with van der Waals surface area (Å²) in [6, 6.07) is 3.70. The SMILES string of the molecule is Nc1cccnc1NN1CCCCC1. The van der Waals surface area contributed by atoms with E-state index >= 15 is 0 Å². The first kappa shape index (κ1) is 9.27. The first-order valence-corrected chi connectivity index (χ1v) is 5.08. The number of rotatable bonds is 2. The van der Waals surface area contributed by atoms with E-state index in [2.05, 4.69) is 15.4 Å². The topological polar surface area (TPSA) is 54.2 Å². The van der Waals surface area contributed by atoms with E-state index in [-0.39, 0.29) is 0 Å². The van der Waals surface area contributed by atoms with Crippen LogP contribution in [0.3, 0.4) is 0 Å². The van der Waals surface area contributed by atoms with Crippen molar-refractivity contribution in [1.29, 1.82) is 0 Å². The van der Waals surface area contributed by atoms with Crippen LogP contribution in [0.2, 0.25) is 0 Å². The number of nitrogens with zero attached hydrogens (tertiary/aromatic N) is 2. The summed E-state index contributed by atoms with van der Waals surface area (Å²) in [6.07, 6.45) is 5.58. The standard InChI is InChI=1S/C10H16N4/c11-9-5-4-6-12-10(9)13-14-7-2-1-3-8-14/h4-6H,1-3,7-8,11H2,(H,12,13). The zero-order chi connectivity index (χ0) is 9.80. The molecule has 4 nitrogen and oxygen atoms in total. The van der Waals surface area contributed by atoms with Crippen molar-refractivity contribution in [3.8, 4) is 0 Å². The molecule has 4 heteroatoms. The van der Waals surface area contributed by atoms with Gasteiger partial charge in [-0.25, -0.2) is 9.99 Å². The highest BCUT2D eigenvalue weighted by Gasteiger charge is 2.10. The van der Waals surface area contributed by atoms with Crippen LogP contribution in [0.5, 0.6) is 0 Å². The Hall–Kier alpha value is -1.29. The van der Waals surface area contributed by atoms with Crippen molar-refractivity contribution in [1.82, 2.24) is 9.99 Å². The Morgan fingerprint density at radius 1 is 1.29 bits per heavy atom. The Morgan fingerprint density at radius 2 is 2.07 bits per heavy atom. The molecule has 0 aliphatic carbocycles. The van der Waals surface area contributed by atoms with E-state index < -0.39 is 0 Å². The summed E-state index contributed by atoms with van der Waals surface area (Å²) in [6.45, 7) is 2.16. The van der Waals surface area contributed by atoms with Crippen LogP contribution in [0.25, 0.3) is 0 Å². The minimum absolute atomic E-state index is 0.707. The first-order chi connectivity index (χ1) is 6.86. The minimum atomic E-state index is 0.707. The summed E-state index contributed by atoms with van der Waals surface area (Å²) in [5.41, 5.74) is 9.74. The number of anilines is 2. The van der Waals surface area contributed by atoms with Gasteiger partial charge in [-0.15, -0.1) is 0 Å². The first-order valence-electron chi connectivity index (χ1n) is 5.08. The number of piperidine rings is 1. The minimum Gasteiger partial charge on any atom is -0.396 e. The Balaban J connectivity index is 1.99. The van der Waals surface area contributed by atoms with Crippen molar-refractivity contribution in [3.63, 3.8) is 0 Å². The van der Waals surface area contributed by atoms with Gasteiger partial charge >= 0.3 is 0 Å². The van der Waals surface area contributed by atoms with Crippen molar-refractivity contribution < 1.29 is 0 Å². The second-order valence-corrected chi connectivity index (χ2v) is 3.60. The van der Waals surface area contributed by atoms with Gasteiger partial charge in [0.1, 0.15) is 0 Å². The molecule has 0 unspecified atom stereocenters. The summed E-state index contributed by atoms with van der Waals surface area (Å²) in [5, 5.41) is 2.18. The van der Waals surface area contributed by atoms with Crippen molar-refractivity contribution in [2.75, 3.05) is 24.2 Å². The molecule has 0 spiro atoms. The van der Waals surface area contributed by atoms with E-state index in [1.54, 1.807) is 6.20 Å². The predicted octanol–water partition coefficient (Wildman–Crippen LogP) is 1.48. The van der Waals surface area contributed by atoms with E-state index in [9.17, 15) is 0 Å². The van der Waals surface area contributed by atoms with E-state index in [4.69, 9.17) is 5.73 Å². The molecule has 1 aromatic rings. The lowest BCUT2D eigenvalue weighted by Gasteiger charge is -2.27.